The number of halogens is 2. The van der Waals surface area contributed by atoms with Gasteiger partial charge in [0.15, 0.2) is 0 Å². The highest BCUT2D eigenvalue weighted by Crippen LogP contribution is 2.33. The van der Waals surface area contributed by atoms with E-state index in [1.807, 2.05) is 0 Å². The summed E-state index contributed by atoms with van der Waals surface area (Å²) < 4.78 is 13.3. The van der Waals surface area contributed by atoms with Gasteiger partial charge in [-0.2, -0.15) is 0 Å². The maximum absolute atomic E-state index is 13.3. The molecule has 0 radical (unpaired) electrons. The number of hydrogen-bond acceptors (Lipinski definition) is 4. The van der Waals surface area contributed by atoms with E-state index in [1.165, 1.54) is 23.1 Å². The van der Waals surface area contributed by atoms with Crippen LogP contribution in [0.1, 0.15) is 24.0 Å². The molecule has 2 aliphatic rings. The second-order valence-corrected chi connectivity index (χ2v) is 7.80. The van der Waals surface area contributed by atoms with Gasteiger partial charge in [-0.25, -0.2) is 4.39 Å². The SMILES string of the molecule is O=C1CCc2cc(N3CCC(O)(C(=O)NCc4ccc(F)c(Cl)c4)C3=O)ccc2N1. The van der Waals surface area contributed by atoms with Gasteiger partial charge in [0.05, 0.1) is 5.02 Å². The van der Waals surface area contributed by atoms with Crippen molar-refractivity contribution >= 4 is 40.7 Å². The zero-order chi connectivity index (χ0) is 21.5. The molecule has 4 rings (SSSR count). The zero-order valence-electron chi connectivity index (χ0n) is 15.9. The quantitative estimate of drug-likeness (QED) is 0.646. The minimum atomic E-state index is -2.19. The molecule has 1 atom stereocenters. The summed E-state index contributed by atoms with van der Waals surface area (Å²) in [6.45, 7) is 0.170. The molecule has 0 bridgehead atoms. The number of fused-ring (bicyclic) bond motifs is 1. The van der Waals surface area contributed by atoms with Crippen LogP contribution in [0.3, 0.4) is 0 Å². The van der Waals surface area contributed by atoms with Crippen molar-refractivity contribution in [3.8, 4) is 0 Å². The Hall–Kier alpha value is -2.97. The van der Waals surface area contributed by atoms with Crippen LogP contribution in [0.15, 0.2) is 36.4 Å². The number of hydrogen-bond donors (Lipinski definition) is 3. The van der Waals surface area contributed by atoms with E-state index in [9.17, 15) is 23.9 Å². The van der Waals surface area contributed by atoms with Crippen LogP contribution in [0.2, 0.25) is 5.02 Å². The Morgan fingerprint density at radius 3 is 2.80 bits per heavy atom. The van der Waals surface area contributed by atoms with Crippen molar-refractivity contribution in [1.82, 2.24) is 5.32 Å². The molecule has 156 valence electrons. The van der Waals surface area contributed by atoms with Gasteiger partial charge in [-0.3, -0.25) is 14.4 Å². The molecule has 7 nitrogen and oxygen atoms in total. The maximum Gasteiger partial charge on any atom is 0.268 e. The van der Waals surface area contributed by atoms with Crippen LogP contribution in [-0.4, -0.2) is 35.0 Å². The summed E-state index contributed by atoms with van der Waals surface area (Å²) in [7, 11) is 0. The summed E-state index contributed by atoms with van der Waals surface area (Å²) in [6, 6.07) is 9.18. The molecular weight excluding hydrogens is 413 g/mol. The van der Waals surface area contributed by atoms with E-state index in [0.29, 0.717) is 29.8 Å². The second-order valence-electron chi connectivity index (χ2n) is 7.39. The molecule has 2 aromatic carbocycles. The van der Waals surface area contributed by atoms with E-state index in [2.05, 4.69) is 10.6 Å². The fourth-order valence-electron chi connectivity index (χ4n) is 3.68. The molecule has 2 aromatic rings. The molecule has 3 amide bonds. The molecule has 2 aliphatic heterocycles. The number of rotatable bonds is 4. The fourth-order valence-corrected chi connectivity index (χ4v) is 3.88. The number of aryl methyl sites for hydroxylation is 1. The highest BCUT2D eigenvalue weighted by molar-refractivity contribution is 6.30. The van der Waals surface area contributed by atoms with Crippen LogP contribution in [0.25, 0.3) is 0 Å². The van der Waals surface area contributed by atoms with Gasteiger partial charge in [-0.1, -0.05) is 17.7 Å². The molecule has 9 heteroatoms. The monoisotopic (exact) mass is 431 g/mol. The van der Waals surface area contributed by atoms with Crippen molar-refractivity contribution in [3.05, 3.63) is 58.4 Å². The second kappa shape index (κ2) is 7.70. The van der Waals surface area contributed by atoms with Crippen molar-refractivity contribution in [1.29, 1.82) is 0 Å². The summed E-state index contributed by atoms with van der Waals surface area (Å²) in [5.74, 6) is -2.16. The van der Waals surface area contributed by atoms with E-state index in [1.54, 1.807) is 18.2 Å². The van der Waals surface area contributed by atoms with Gasteiger partial charge in [0.25, 0.3) is 11.8 Å². The summed E-state index contributed by atoms with van der Waals surface area (Å²) >= 11 is 5.73. The Kier molecular flexibility index (Phi) is 5.21. The van der Waals surface area contributed by atoms with E-state index in [4.69, 9.17) is 11.6 Å². The first kappa shape index (κ1) is 20.3. The predicted octanol–water partition coefficient (Wildman–Crippen LogP) is 2.15. The highest BCUT2D eigenvalue weighted by Gasteiger charge is 2.51. The smallest absolute Gasteiger partial charge is 0.268 e. The van der Waals surface area contributed by atoms with E-state index in [-0.39, 0.29) is 30.4 Å². The highest BCUT2D eigenvalue weighted by atomic mass is 35.5. The van der Waals surface area contributed by atoms with Crippen molar-refractivity contribution in [2.75, 3.05) is 16.8 Å². The molecule has 1 saturated heterocycles. The summed E-state index contributed by atoms with van der Waals surface area (Å²) in [5.41, 5.74) is 0.510. The number of carbonyl (C=O) groups excluding carboxylic acids is 3. The molecular formula is C21H19ClFN3O4. The number of nitrogens with zero attached hydrogens (tertiary/aromatic N) is 1. The third kappa shape index (κ3) is 3.64. The van der Waals surface area contributed by atoms with Gasteiger partial charge in [0, 0.05) is 37.3 Å². The number of carbonyl (C=O) groups is 3. The normalized spacial score (nSPS) is 20.7. The molecule has 3 N–H and O–H groups in total. The largest absolute Gasteiger partial charge is 0.372 e. The lowest BCUT2D eigenvalue weighted by molar-refractivity contribution is -0.149. The number of nitrogens with one attached hydrogen (secondary N) is 2. The average molecular weight is 432 g/mol. The first-order valence-electron chi connectivity index (χ1n) is 9.47. The van der Waals surface area contributed by atoms with Crippen LogP contribution < -0.4 is 15.5 Å². The lowest BCUT2D eigenvalue weighted by Gasteiger charge is -2.24. The third-order valence-electron chi connectivity index (χ3n) is 5.40. The van der Waals surface area contributed by atoms with Gasteiger partial charge in [0.1, 0.15) is 5.82 Å². The van der Waals surface area contributed by atoms with Crippen LogP contribution in [0, 0.1) is 5.82 Å². The van der Waals surface area contributed by atoms with Gasteiger partial charge < -0.3 is 20.6 Å². The van der Waals surface area contributed by atoms with Crippen molar-refractivity contribution < 1.29 is 23.9 Å². The van der Waals surface area contributed by atoms with Gasteiger partial charge in [0.2, 0.25) is 11.5 Å². The molecule has 1 fully saturated rings. The first-order valence-corrected chi connectivity index (χ1v) is 9.85. The Labute approximate surface area is 176 Å². The Morgan fingerprint density at radius 2 is 2.03 bits per heavy atom. The van der Waals surface area contributed by atoms with Crippen LogP contribution in [0.4, 0.5) is 15.8 Å². The average Bonchev–Trinajstić information content (AvgIpc) is 3.04. The summed E-state index contributed by atoms with van der Waals surface area (Å²) in [4.78, 5) is 38.3. The van der Waals surface area contributed by atoms with E-state index in [0.717, 1.165) is 5.56 Å². The first-order chi connectivity index (χ1) is 14.3. The van der Waals surface area contributed by atoms with Crippen LogP contribution >= 0.6 is 11.6 Å². The standard InChI is InChI=1S/C21H19ClFN3O4/c22-15-9-12(1-4-16(15)23)11-24-19(28)21(30)7-8-26(20(21)29)14-3-5-17-13(10-14)2-6-18(27)25-17/h1,3-5,9-10,30H,2,6-8,11H2,(H,24,28)(H,25,27). The summed E-state index contributed by atoms with van der Waals surface area (Å²) in [5, 5.41) is 16.0. The lowest BCUT2D eigenvalue weighted by Crippen LogP contribution is -2.52. The van der Waals surface area contributed by atoms with Crippen molar-refractivity contribution in [2.24, 2.45) is 0 Å². The fraction of sp³-hybridized carbons (Fsp3) is 0.286. The molecule has 0 saturated carbocycles. The Morgan fingerprint density at radius 1 is 1.23 bits per heavy atom. The minimum absolute atomic E-state index is 0.00698. The molecule has 0 aliphatic carbocycles. The molecule has 1 unspecified atom stereocenters. The Bertz CT molecular complexity index is 1060. The number of amides is 3. The predicted molar refractivity (Wildman–Crippen MR) is 109 cm³/mol. The van der Waals surface area contributed by atoms with E-state index >= 15 is 0 Å². The van der Waals surface area contributed by atoms with E-state index < -0.39 is 23.2 Å². The molecule has 2 heterocycles. The van der Waals surface area contributed by atoms with Crippen LogP contribution in [-0.2, 0) is 27.3 Å². The lowest BCUT2D eigenvalue weighted by atomic mass is 10.0. The van der Waals surface area contributed by atoms with Crippen molar-refractivity contribution in [3.63, 3.8) is 0 Å². The minimum Gasteiger partial charge on any atom is -0.372 e. The van der Waals surface area contributed by atoms with Crippen LogP contribution in [0.5, 0.6) is 0 Å². The van der Waals surface area contributed by atoms with Gasteiger partial charge in [-0.05, 0) is 47.9 Å². The molecule has 0 spiro atoms. The maximum atomic E-state index is 13.3. The third-order valence-corrected chi connectivity index (χ3v) is 5.69. The number of benzene rings is 2. The Balaban J connectivity index is 1.46. The van der Waals surface area contributed by atoms with Crippen molar-refractivity contribution in [2.45, 2.75) is 31.4 Å². The molecule has 0 aromatic heterocycles. The van der Waals surface area contributed by atoms with Gasteiger partial charge >= 0.3 is 0 Å². The topological polar surface area (TPSA) is 98.7 Å². The number of anilines is 2. The zero-order valence-corrected chi connectivity index (χ0v) is 16.6. The van der Waals surface area contributed by atoms with Gasteiger partial charge in [-0.15, -0.1) is 0 Å². The molecule has 30 heavy (non-hydrogen) atoms. The summed E-state index contributed by atoms with van der Waals surface area (Å²) in [6.07, 6.45) is 0.863. The number of aliphatic hydroxyl groups is 1.